The van der Waals surface area contributed by atoms with Crippen LogP contribution >= 0.6 is 0 Å². The Hall–Kier alpha value is -1.67. The van der Waals surface area contributed by atoms with Crippen molar-refractivity contribution in [3.05, 3.63) is 28.3 Å². The zero-order valence-corrected chi connectivity index (χ0v) is 11.5. The first kappa shape index (κ1) is 13.8. The second-order valence-corrected chi connectivity index (χ2v) is 6.56. The molecule has 0 atom stereocenters. The van der Waals surface area contributed by atoms with Crippen LogP contribution in [0, 0.1) is 10.1 Å². The highest BCUT2D eigenvalue weighted by atomic mass is 32.2. The summed E-state index contributed by atoms with van der Waals surface area (Å²) in [6.07, 6.45) is 0.976. The van der Waals surface area contributed by atoms with Crippen LogP contribution in [0.2, 0.25) is 0 Å². The molecule has 0 bridgehead atoms. The molecule has 0 radical (unpaired) electrons. The van der Waals surface area contributed by atoms with Crippen LogP contribution in [-0.2, 0) is 9.84 Å². The average Bonchev–Trinajstić information content (AvgIpc) is 2.24. The third-order valence-electron chi connectivity index (χ3n) is 3.25. The molecule has 1 saturated heterocycles. The fourth-order valence-electron chi connectivity index (χ4n) is 2.02. The number of rotatable bonds is 4. The monoisotopic (exact) mass is 285 g/mol. The summed E-state index contributed by atoms with van der Waals surface area (Å²) < 4.78 is 23.3. The van der Waals surface area contributed by atoms with Gasteiger partial charge in [0.05, 0.1) is 11.0 Å². The molecule has 7 nitrogen and oxygen atoms in total. The Morgan fingerprint density at radius 3 is 2.47 bits per heavy atom. The van der Waals surface area contributed by atoms with Crippen LogP contribution in [0.25, 0.3) is 0 Å². The van der Waals surface area contributed by atoms with E-state index in [4.69, 9.17) is 0 Å². The zero-order chi connectivity index (χ0) is 14.2. The summed E-state index contributed by atoms with van der Waals surface area (Å²) >= 11 is 0. The van der Waals surface area contributed by atoms with Gasteiger partial charge in [-0.25, -0.2) is 8.42 Å². The lowest BCUT2D eigenvalue weighted by Crippen LogP contribution is -2.56. The standard InChI is InChI=1S/C11H15N3O4S/c1-13(8-6-12-7-8)9-4-3-5-10(19(2,17)18)11(9)14(15)16/h3-5,8,12H,6-7H2,1-2H3. The Morgan fingerprint density at radius 2 is 2.05 bits per heavy atom. The molecule has 0 saturated carbocycles. The summed E-state index contributed by atoms with van der Waals surface area (Å²) in [5, 5.41) is 14.3. The van der Waals surface area contributed by atoms with Crippen LogP contribution in [0.1, 0.15) is 0 Å². The minimum atomic E-state index is -3.63. The van der Waals surface area contributed by atoms with Crippen LogP contribution in [-0.4, -0.2) is 45.8 Å². The van der Waals surface area contributed by atoms with E-state index in [1.54, 1.807) is 18.0 Å². The molecule has 104 valence electrons. The van der Waals surface area contributed by atoms with E-state index in [-0.39, 0.29) is 16.6 Å². The highest BCUT2D eigenvalue weighted by molar-refractivity contribution is 7.90. The molecule has 8 heteroatoms. The predicted molar refractivity (Wildman–Crippen MR) is 71.3 cm³/mol. The van der Waals surface area contributed by atoms with Gasteiger partial charge in [-0.1, -0.05) is 6.07 Å². The Balaban J connectivity index is 2.57. The van der Waals surface area contributed by atoms with E-state index in [0.717, 1.165) is 19.3 Å². The Morgan fingerprint density at radius 1 is 1.42 bits per heavy atom. The molecule has 1 aromatic rings. The number of nitro benzene ring substituents is 1. The highest BCUT2D eigenvalue weighted by Crippen LogP contribution is 2.35. The third kappa shape index (κ3) is 2.54. The van der Waals surface area contributed by atoms with Gasteiger partial charge in [0.25, 0.3) is 0 Å². The van der Waals surface area contributed by atoms with Gasteiger partial charge in [0.1, 0.15) is 10.6 Å². The van der Waals surface area contributed by atoms with Crippen LogP contribution in [0.5, 0.6) is 0 Å². The van der Waals surface area contributed by atoms with Crippen molar-refractivity contribution in [3.8, 4) is 0 Å². The summed E-state index contributed by atoms with van der Waals surface area (Å²) in [5.74, 6) is 0. The van der Waals surface area contributed by atoms with E-state index in [1.807, 2.05) is 0 Å². The fourth-order valence-corrected chi connectivity index (χ4v) is 2.88. The largest absolute Gasteiger partial charge is 0.363 e. The number of nitrogens with one attached hydrogen (secondary N) is 1. The predicted octanol–water partition coefficient (Wildman–Crippen LogP) is 0.406. The molecule has 1 aliphatic rings. The van der Waals surface area contributed by atoms with E-state index >= 15 is 0 Å². The Kier molecular flexibility index (Phi) is 3.46. The minimum absolute atomic E-state index is 0.147. The number of nitro groups is 1. The average molecular weight is 285 g/mol. The van der Waals surface area contributed by atoms with Gasteiger partial charge in [-0.05, 0) is 12.1 Å². The molecule has 0 amide bonds. The molecule has 0 unspecified atom stereocenters. The van der Waals surface area contributed by atoms with Crippen molar-refractivity contribution in [2.45, 2.75) is 10.9 Å². The van der Waals surface area contributed by atoms with Gasteiger partial charge in [-0.2, -0.15) is 0 Å². The molecule has 1 heterocycles. The lowest BCUT2D eigenvalue weighted by Gasteiger charge is -2.36. The van der Waals surface area contributed by atoms with Crippen molar-refractivity contribution in [1.82, 2.24) is 5.32 Å². The van der Waals surface area contributed by atoms with Crippen molar-refractivity contribution in [3.63, 3.8) is 0 Å². The van der Waals surface area contributed by atoms with E-state index in [9.17, 15) is 18.5 Å². The van der Waals surface area contributed by atoms with Crippen molar-refractivity contribution >= 4 is 21.2 Å². The van der Waals surface area contributed by atoms with Crippen LogP contribution in [0.4, 0.5) is 11.4 Å². The normalized spacial score (nSPS) is 15.9. The van der Waals surface area contributed by atoms with Crippen LogP contribution in [0.3, 0.4) is 0 Å². The first-order chi connectivity index (χ1) is 8.82. The maximum atomic E-state index is 11.7. The van der Waals surface area contributed by atoms with Crippen molar-refractivity contribution in [1.29, 1.82) is 0 Å². The molecule has 19 heavy (non-hydrogen) atoms. The fraction of sp³-hybridized carbons (Fsp3) is 0.455. The van der Waals surface area contributed by atoms with Crippen LogP contribution in [0.15, 0.2) is 23.1 Å². The first-order valence-corrected chi connectivity index (χ1v) is 7.62. The lowest BCUT2D eigenvalue weighted by molar-refractivity contribution is -0.387. The first-order valence-electron chi connectivity index (χ1n) is 5.73. The molecule has 1 aliphatic heterocycles. The summed E-state index contributed by atoms with van der Waals surface area (Å²) in [7, 11) is -1.90. The topological polar surface area (TPSA) is 92.5 Å². The number of hydrogen-bond donors (Lipinski definition) is 1. The smallest absolute Gasteiger partial charge is 0.311 e. The number of likely N-dealkylation sites (N-methyl/N-ethyl adjacent to an activating group) is 1. The molecule has 1 fully saturated rings. The number of sulfone groups is 1. The van der Waals surface area contributed by atoms with Gasteiger partial charge in [0.2, 0.25) is 0 Å². The zero-order valence-electron chi connectivity index (χ0n) is 10.7. The van der Waals surface area contributed by atoms with Gasteiger partial charge in [0, 0.05) is 26.4 Å². The molecular weight excluding hydrogens is 270 g/mol. The lowest BCUT2D eigenvalue weighted by atomic mass is 10.1. The maximum absolute atomic E-state index is 11.7. The highest BCUT2D eigenvalue weighted by Gasteiger charge is 2.31. The number of hydrogen-bond acceptors (Lipinski definition) is 6. The van der Waals surface area contributed by atoms with Crippen molar-refractivity contribution < 1.29 is 13.3 Å². The minimum Gasteiger partial charge on any atom is -0.363 e. The van der Waals surface area contributed by atoms with E-state index in [0.29, 0.717) is 5.69 Å². The Labute approximate surface area is 111 Å². The van der Waals surface area contributed by atoms with Crippen LogP contribution < -0.4 is 10.2 Å². The van der Waals surface area contributed by atoms with E-state index < -0.39 is 14.8 Å². The van der Waals surface area contributed by atoms with Gasteiger partial charge >= 0.3 is 5.69 Å². The maximum Gasteiger partial charge on any atom is 0.311 e. The molecule has 1 N–H and O–H groups in total. The summed E-state index contributed by atoms with van der Waals surface area (Å²) in [6.45, 7) is 1.47. The second kappa shape index (κ2) is 4.78. The van der Waals surface area contributed by atoms with Gasteiger partial charge in [-0.3, -0.25) is 10.1 Å². The summed E-state index contributed by atoms with van der Waals surface area (Å²) in [6, 6.07) is 4.52. The number of benzene rings is 1. The van der Waals surface area contributed by atoms with E-state index in [1.165, 1.54) is 12.1 Å². The van der Waals surface area contributed by atoms with Gasteiger partial charge in [-0.15, -0.1) is 0 Å². The quantitative estimate of drug-likeness (QED) is 0.636. The molecule has 1 aromatic carbocycles. The molecule has 0 aliphatic carbocycles. The number of para-hydroxylation sites is 1. The van der Waals surface area contributed by atoms with E-state index in [2.05, 4.69) is 5.32 Å². The summed E-state index contributed by atoms with van der Waals surface area (Å²) in [4.78, 5) is 12.1. The molecule has 0 aromatic heterocycles. The second-order valence-electron chi connectivity index (χ2n) is 4.58. The number of anilines is 1. The van der Waals surface area contributed by atoms with Gasteiger partial charge < -0.3 is 10.2 Å². The SMILES string of the molecule is CN(c1cccc(S(C)(=O)=O)c1[N+](=O)[O-])C1CNC1. The van der Waals surface area contributed by atoms with Gasteiger partial charge in [0.15, 0.2) is 9.84 Å². The number of nitrogens with zero attached hydrogens (tertiary/aromatic N) is 2. The summed E-state index contributed by atoms with van der Waals surface area (Å²) in [5.41, 5.74) is -0.0150. The molecular formula is C11H15N3O4S. The van der Waals surface area contributed by atoms with Crippen molar-refractivity contribution in [2.75, 3.05) is 31.3 Å². The third-order valence-corrected chi connectivity index (χ3v) is 4.38. The molecule has 0 spiro atoms. The Bertz CT molecular complexity index is 610. The van der Waals surface area contributed by atoms with Crippen molar-refractivity contribution in [2.24, 2.45) is 0 Å². The molecule has 2 rings (SSSR count).